The zero-order chi connectivity index (χ0) is 13.9. The summed E-state index contributed by atoms with van der Waals surface area (Å²) in [5.74, 6) is 1.39. The standard InChI is InChI=1S/C12H12N8/c13-9-6-10(16-7-15-9)20-11(14)18-12(19-20)17-8-4-2-1-3-5-8/h1-7H,(H2,13,15,16)(H3,14,17,18,19). The fourth-order valence-electron chi connectivity index (χ4n) is 1.67. The van der Waals surface area contributed by atoms with Crippen LogP contribution >= 0.6 is 0 Å². The summed E-state index contributed by atoms with van der Waals surface area (Å²) >= 11 is 0. The maximum Gasteiger partial charge on any atom is 0.248 e. The molecule has 8 heteroatoms. The lowest BCUT2D eigenvalue weighted by atomic mass is 10.3. The Balaban J connectivity index is 1.91. The molecule has 1 aromatic carbocycles. The molecule has 20 heavy (non-hydrogen) atoms. The van der Waals surface area contributed by atoms with Crippen molar-refractivity contribution in [2.24, 2.45) is 0 Å². The molecule has 3 aromatic rings. The number of nitrogens with two attached hydrogens (primary N) is 2. The summed E-state index contributed by atoms with van der Waals surface area (Å²) in [7, 11) is 0. The van der Waals surface area contributed by atoms with Crippen LogP contribution in [0, 0.1) is 0 Å². The molecule has 0 aliphatic rings. The molecule has 2 aromatic heterocycles. The third kappa shape index (κ3) is 2.34. The molecule has 100 valence electrons. The summed E-state index contributed by atoms with van der Waals surface area (Å²) in [6.07, 6.45) is 1.34. The minimum Gasteiger partial charge on any atom is -0.384 e. The normalized spacial score (nSPS) is 10.4. The highest BCUT2D eigenvalue weighted by Crippen LogP contribution is 2.16. The SMILES string of the molecule is Nc1cc(-n2nc(Nc3ccccc3)nc2N)ncn1. The molecule has 8 nitrogen and oxygen atoms in total. The maximum absolute atomic E-state index is 5.83. The first-order valence-electron chi connectivity index (χ1n) is 5.85. The van der Waals surface area contributed by atoms with Gasteiger partial charge in [0.1, 0.15) is 12.1 Å². The van der Waals surface area contributed by atoms with E-state index in [1.165, 1.54) is 11.0 Å². The van der Waals surface area contributed by atoms with Crippen LogP contribution in [0.25, 0.3) is 5.82 Å². The van der Waals surface area contributed by atoms with Crippen LogP contribution in [-0.2, 0) is 0 Å². The Morgan fingerprint density at radius 3 is 2.60 bits per heavy atom. The van der Waals surface area contributed by atoms with Crippen molar-refractivity contribution in [3.63, 3.8) is 0 Å². The van der Waals surface area contributed by atoms with E-state index in [9.17, 15) is 0 Å². The smallest absolute Gasteiger partial charge is 0.248 e. The van der Waals surface area contributed by atoms with Gasteiger partial charge in [0.05, 0.1) is 0 Å². The minimum atomic E-state index is 0.210. The number of hydrogen-bond donors (Lipinski definition) is 3. The van der Waals surface area contributed by atoms with Gasteiger partial charge in [0.2, 0.25) is 11.9 Å². The number of hydrogen-bond acceptors (Lipinski definition) is 7. The molecule has 0 aliphatic carbocycles. The van der Waals surface area contributed by atoms with Crippen molar-refractivity contribution < 1.29 is 0 Å². The summed E-state index contributed by atoms with van der Waals surface area (Å²) in [4.78, 5) is 12.0. The highest BCUT2D eigenvalue weighted by atomic mass is 15.4. The van der Waals surface area contributed by atoms with Gasteiger partial charge >= 0.3 is 0 Å². The molecular formula is C12H12N8. The van der Waals surface area contributed by atoms with Crippen LogP contribution in [0.1, 0.15) is 0 Å². The van der Waals surface area contributed by atoms with Gasteiger partial charge < -0.3 is 16.8 Å². The Labute approximate surface area is 114 Å². The Hall–Kier alpha value is -3.16. The first-order valence-corrected chi connectivity index (χ1v) is 5.85. The average molecular weight is 268 g/mol. The number of nitrogens with one attached hydrogen (secondary N) is 1. The maximum atomic E-state index is 5.83. The van der Waals surface area contributed by atoms with E-state index in [0.29, 0.717) is 17.6 Å². The van der Waals surface area contributed by atoms with Gasteiger partial charge in [-0.05, 0) is 12.1 Å². The number of benzene rings is 1. The number of aromatic nitrogens is 5. The minimum absolute atomic E-state index is 0.210. The third-order valence-electron chi connectivity index (χ3n) is 2.55. The van der Waals surface area contributed by atoms with Crippen molar-refractivity contribution in [3.8, 4) is 5.82 Å². The number of para-hydroxylation sites is 1. The molecule has 0 bridgehead atoms. The van der Waals surface area contributed by atoms with Gasteiger partial charge in [0, 0.05) is 11.8 Å². The fourth-order valence-corrected chi connectivity index (χ4v) is 1.67. The zero-order valence-corrected chi connectivity index (χ0v) is 10.4. The van der Waals surface area contributed by atoms with E-state index in [1.807, 2.05) is 30.3 Å². The van der Waals surface area contributed by atoms with Crippen LogP contribution in [0.4, 0.5) is 23.4 Å². The van der Waals surface area contributed by atoms with E-state index in [0.717, 1.165) is 5.69 Å². The molecule has 0 aliphatic heterocycles. The van der Waals surface area contributed by atoms with E-state index in [1.54, 1.807) is 6.07 Å². The second-order valence-corrected chi connectivity index (χ2v) is 4.00. The molecule has 5 N–H and O–H groups in total. The lowest BCUT2D eigenvalue weighted by molar-refractivity contribution is 0.853. The van der Waals surface area contributed by atoms with E-state index < -0.39 is 0 Å². The monoisotopic (exact) mass is 268 g/mol. The summed E-state index contributed by atoms with van der Waals surface area (Å²) in [6.45, 7) is 0. The molecular weight excluding hydrogens is 256 g/mol. The molecule has 0 saturated heterocycles. The van der Waals surface area contributed by atoms with E-state index >= 15 is 0 Å². The van der Waals surface area contributed by atoms with Crippen molar-refractivity contribution in [2.75, 3.05) is 16.8 Å². The van der Waals surface area contributed by atoms with Gasteiger partial charge in [0.15, 0.2) is 5.82 Å². The third-order valence-corrected chi connectivity index (χ3v) is 2.55. The van der Waals surface area contributed by atoms with Crippen LogP contribution in [0.3, 0.4) is 0 Å². The summed E-state index contributed by atoms with van der Waals surface area (Å²) < 4.78 is 1.39. The van der Waals surface area contributed by atoms with Crippen LogP contribution < -0.4 is 16.8 Å². The van der Waals surface area contributed by atoms with Gasteiger partial charge in [-0.1, -0.05) is 18.2 Å². The predicted octanol–water partition coefficient (Wildman–Crippen LogP) is 0.965. The second-order valence-electron chi connectivity index (χ2n) is 4.00. The largest absolute Gasteiger partial charge is 0.384 e. The molecule has 2 heterocycles. The van der Waals surface area contributed by atoms with Crippen LogP contribution in [0.2, 0.25) is 0 Å². The molecule has 0 unspecified atom stereocenters. The van der Waals surface area contributed by atoms with E-state index in [4.69, 9.17) is 11.5 Å². The van der Waals surface area contributed by atoms with Crippen LogP contribution in [-0.4, -0.2) is 24.7 Å². The summed E-state index contributed by atoms with van der Waals surface area (Å²) in [5, 5.41) is 7.29. The van der Waals surface area contributed by atoms with Crippen LogP contribution in [0.15, 0.2) is 42.7 Å². The number of anilines is 4. The first-order chi connectivity index (χ1) is 9.72. The van der Waals surface area contributed by atoms with Crippen molar-refractivity contribution in [2.45, 2.75) is 0 Å². The quantitative estimate of drug-likeness (QED) is 0.647. The van der Waals surface area contributed by atoms with E-state index in [2.05, 4.69) is 25.4 Å². The van der Waals surface area contributed by atoms with Gasteiger partial charge in [-0.3, -0.25) is 0 Å². The lowest BCUT2D eigenvalue weighted by Crippen LogP contribution is -2.06. The van der Waals surface area contributed by atoms with Crippen molar-refractivity contribution in [1.29, 1.82) is 0 Å². The number of rotatable bonds is 3. The Morgan fingerprint density at radius 1 is 1.05 bits per heavy atom. The van der Waals surface area contributed by atoms with Gasteiger partial charge in [-0.2, -0.15) is 9.67 Å². The second kappa shape index (κ2) is 4.84. The molecule has 0 spiro atoms. The Kier molecular flexibility index (Phi) is 2.88. The molecule has 0 atom stereocenters. The van der Waals surface area contributed by atoms with Gasteiger partial charge in [0.25, 0.3) is 0 Å². The highest BCUT2D eigenvalue weighted by molar-refractivity contribution is 5.54. The van der Waals surface area contributed by atoms with Crippen molar-refractivity contribution in [1.82, 2.24) is 24.7 Å². The fraction of sp³-hybridized carbons (Fsp3) is 0. The van der Waals surface area contributed by atoms with Gasteiger partial charge in [-0.15, -0.1) is 5.10 Å². The lowest BCUT2D eigenvalue weighted by Gasteiger charge is -2.01. The van der Waals surface area contributed by atoms with Crippen LogP contribution in [0.5, 0.6) is 0 Å². The Morgan fingerprint density at radius 2 is 1.85 bits per heavy atom. The van der Waals surface area contributed by atoms with Crippen molar-refractivity contribution >= 4 is 23.4 Å². The van der Waals surface area contributed by atoms with E-state index in [-0.39, 0.29) is 5.95 Å². The molecule has 0 saturated carbocycles. The number of nitrogen functional groups attached to an aromatic ring is 2. The average Bonchev–Trinajstić information content (AvgIpc) is 2.81. The molecule has 3 rings (SSSR count). The highest BCUT2D eigenvalue weighted by Gasteiger charge is 2.10. The summed E-state index contributed by atoms with van der Waals surface area (Å²) in [6, 6.07) is 11.1. The summed E-state index contributed by atoms with van der Waals surface area (Å²) in [5.41, 5.74) is 12.3. The Bertz CT molecular complexity index is 721. The van der Waals surface area contributed by atoms with Gasteiger partial charge in [-0.25, -0.2) is 9.97 Å². The topological polar surface area (TPSA) is 121 Å². The van der Waals surface area contributed by atoms with Crippen molar-refractivity contribution in [3.05, 3.63) is 42.7 Å². The first kappa shape index (κ1) is 11.9. The number of nitrogens with zero attached hydrogens (tertiary/aromatic N) is 5. The zero-order valence-electron chi connectivity index (χ0n) is 10.4. The molecule has 0 radical (unpaired) electrons. The predicted molar refractivity (Wildman–Crippen MR) is 75.5 cm³/mol. The molecule has 0 amide bonds. The molecule has 0 fully saturated rings.